The fraction of sp³-hybridized carbons (Fsp3) is 0.111. The molecule has 3 nitrogen and oxygen atoms in total. The first-order chi connectivity index (χ1) is 5.88. The highest BCUT2D eigenvalue weighted by Crippen LogP contribution is 2.03. The van der Waals surface area contributed by atoms with Gasteiger partial charge in [-0.1, -0.05) is 23.4 Å². The lowest BCUT2D eigenvalue weighted by Gasteiger charge is -1.93. The summed E-state index contributed by atoms with van der Waals surface area (Å²) in [6.45, 7) is 0. The summed E-state index contributed by atoms with van der Waals surface area (Å²) in [5.74, 6) is 0. The van der Waals surface area contributed by atoms with Gasteiger partial charge in [0.05, 0.1) is 17.8 Å². The van der Waals surface area contributed by atoms with Crippen molar-refractivity contribution in [1.29, 1.82) is 5.26 Å². The van der Waals surface area contributed by atoms with Crippen LogP contribution in [0.2, 0.25) is 0 Å². The van der Waals surface area contributed by atoms with Crippen LogP contribution in [0.3, 0.4) is 0 Å². The molecule has 0 radical (unpaired) electrons. The van der Waals surface area contributed by atoms with E-state index < -0.39 is 0 Å². The minimum atomic E-state index is 0.596. The summed E-state index contributed by atoms with van der Waals surface area (Å²) in [5.41, 5.74) is 1.36. The first-order valence-electron chi connectivity index (χ1n) is 3.44. The Labute approximate surface area is 70.9 Å². The summed E-state index contributed by atoms with van der Waals surface area (Å²) in [6.07, 6.45) is 1.51. The molecule has 1 aromatic carbocycles. The van der Waals surface area contributed by atoms with Gasteiger partial charge >= 0.3 is 0 Å². The van der Waals surface area contributed by atoms with Crippen molar-refractivity contribution in [2.45, 2.75) is 0 Å². The maximum atomic E-state index is 8.67. The molecule has 0 aliphatic heterocycles. The van der Waals surface area contributed by atoms with Crippen LogP contribution >= 0.6 is 0 Å². The van der Waals surface area contributed by atoms with E-state index in [0.29, 0.717) is 5.56 Å². The number of oxime groups is 1. The molecule has 0 N–H and O–H groups in total. The van der Waals surface area contributed by atoms with E-state index in [1.54, 1.807) is 12.1 Å². The fourth-order valence-electron chi connectivity index (χ4n) is 0.821. The Hall–Kier alpha value is -1.82. The highest BCUT2D eigenvalue weighted by molar-refractivity contribution is 5.82. The van der Waals surface area contributed by atoms with Crippen LogP contribution in [0, 0.1) is 11.3 Å². The van der Waals surface area contributed by atoms with Crippen molar-refractivity contribution in [3.63, 3.8) is 0 Å². The second-order valence-electron chi connectivity index (χ2n) is 2.12. The van der Waals surface area contributed by atoms with Crippen LogP contribution in [0.15, 0.2) is 29.4 Å². The van der Waals surface area contributed by atoms with Crippen LogP contribution in [-0.2, 0) is 4.84 Å². The number of hydrogen-bond acceptors (Lipinski definition) is 3. The summed E-state index contributed by atoms with van der Waals surface area (Å²) in [4.78, 5) is 4.51. The van der Waals surface area contributed by atoms with E-state index in [9.17, 15) is 0 Å². The molecule has 0 unspecified atom stereocenters. The van der Waals surface area contributed by atoms with Gasteiger partial charge in [0.15, 0.2) is 0 Å². The quantitative estimate of drug-likeness (QED) is 0.486. The average molecular weight is 160 g/mol. The molecule has 1 aromatic rings. The molecule has 0 aliphatic carbocycles. The van der Waals surface area contributed by atoms with Gasteiger partial charge in [0.2, 0.25) is 0 Å². The lowest BCUT2D eigenvalue weighted by atomic mass is 10.1. The first-order valence-corrected chi connectivity index (χ1v) is 3.44. The monoisotopic (exact) mass is 160 g/mol. The summed E-state index contributed by atoms with van der Waals surface area (Å²) >= 11 is 0. The Morgan fingerprint density at radius 3 is 2.92 bits per heavy atom. The van der Waals surface area contributed by atoms with E-state index in [4.69, 9.17) is 5.26 Å². The van der Waals surface area contributed by atoms with E-state index in [0.717, 1.165) is 5.56 Å². The molecule has 0 saturated heterocycles. The lowest BCUT2D eigenvalue weighted by molar-refractivity contribution is 0.215. The van der Waals surface area contributed by atoms with Gasteiger partial charge in [0, 0.05) is 5.56 Å². The second-order valence-corrected chi connectivity index (χ2v) is 2.12. The van der Waals surface area contributed by atoms with Gasteiger partial charge < -0.3 is 4.84 Å². The highest BCUT2D eigenvalue weighted by Gasteiger charge is 1.95. The molecule has 12 heavy (non-hydrogen) atoms. The van der Waals surface area contributed by atoms with Crippen LogP contribution in [0.1, 0.15) is 11.1 Å². The first kappa shape index (κ1) is 8.28. The summed E-state index contributed by atoms with van der Waals surface area (Å²) in [5, 5.41) is 12.2. The molecule has 60 valence electrons. The van der Waals surface area contributed by atoms with E-state index >= 15 is 0 Å². The highest BCUT2D eigenvalue weighted by atomic mass is 16.6. The van der Waals surface area contributed by atoms with Crippen molar-refractivity contribution in [3.05, 3.63) is 35.4 Å². The van der Waals surface area contributed by atoms with Crippen LogP contribution in [0.5, 0.6) is 0 Å². The Morgan fingerprint density at radius 2 is 2.25 bits per heavy atom. The zero-order valence-corrected chi connectivity index (χ0v) is 6.69. The molecule has 1 rings (SSSR count). The molecule has 0 saturated carbocycles. The van der Waals surface area contributed by atoms with Crippen LogP contribution in [0.4, 0.5) is 0 Å². The van der Waals surface area contributed by atoms with Crippen molar-refractivity contribution in [2.24, 2.45) is 5.16 Å². The maximum absolute atomic E-state index is 8.67. The molecule has 0 atom stereocenters. The number of rotatable bonds is 2. The molecular weight excluding hydrogens is 152 g/mol. The smallest absolute Gasteiger partial charge is 0.106 e. The minimum Gasteiger partial charge on any atom is -0.399 e. The fourth-order valence-corrected chi connectivity index (χ4v) is 0.821. The molecule has 0 aliphatic rings. The van der Waals surface area contributed by atoms with E-state index in [2.05, 4.69) is 16.1 Å². The second kappa shape index (κ2) is 4.14. The zero-order chi connectivity index (χ0) is 8.81. The van der Waals surface area contributed by atoms with Gasteiger partial charge in [0.1, 0.15) is 7.11 Å². The third kappa shape index (κ3) is 1.83. The van der Waals surface area contributed by atoms with Gasteiger partial charge in [-0.25, -0.2) is 0 Å². The molecule has 0 heterocycles. The maximum Gasteiger partial charge on any atom is 0.106 e. The number of nitrogens with zero attached hydrogens (tertiary/aromatic N) is 2. The zero-order valence-electron chi connectivity index (χ0n) is 6.69. The lowest BCUT2D eigenvalue weighted by Crippen LogP contribution is -1.86. The van der Waals surface area contributed by atoms with Crippen LogP contribution in [0.25, 0.3) is 0 Å². The van der Waals surface area contributed by atoms with Crippen molar-refractivity contribution in [2.75, 3.05) is 7.11 Å². The Morgan fingerprint density at radius 1 is 1.50 bits per heavy atom. The summed E-state index contributed by atoms with van der Waals surface area (Å²) < 4.78 is 0. The Kier molecular flexibility index (Phi) is 2.86. The topological polar surface area (TPSA) is 45.4 Å². The largest absolute Gasteiger partial charge is 0.399 e. The number of nitriles is 1. The molecule has 3 heteroatoms. The molecular formula is C9H8N2O. The van der Waals surface area contributed by atoms with Gasteiger partial charge in [-0.2, -0.15) is 5.26 Å². The predicted molar refractivity (Wildman–Crippen MR) is 45.8 cm³/mol. The normalized spacial score (nSPS) is 9.67. The Balaban J connectivity index is 2.99. The number of benzene rings is 1. The van der Waals surface area contributed by atoms with Gasteiger partial charge in [-0.15, -0.1) is 0 Å². The SMILES string of the molecule is CON=Cc1ccccc1C#N. The van der Waals surface area contributed by atoms with Crippen LogP contribution < -0.4 is 0 Å². The predicted octanol–water partition coefficient (Wildman–Crippen LogP) is 1.54. The van der Waals surface area contributed by atoms with Crippen molar-refractivity contribution >= 4 is 6.21 Å². The van der Waals surface area contributed by atoms with E-state index in [-0.39, 0.29) is 0 Å². The molecule has 0 amide bonds. The van der Waals surface area contributed by atoms with Gasteiger partial charge in [-0.05, 0) is 6.07 Å². The van der Waals surface area contributed by atoms with Crippen molar-refractivity contribution < 1.29 is 4.84 Å². The molecule has 0 fully saturated rings. The number of hydrogen-bond donors (Lipinski definition) is 0. The van der Waals surface area contributed by atoms with Gasteiger partial charge in [0.25, 0.3) is 0 Å². The summed E-state index contributed by atoms with van der Waals surface area (Å²) in [7, 11) is 1.46. The van der Waals surface area contributed by atoms with E-state index in [1.165, 1.54) is 13.3 Å². The van der Waals surface area contributed by atoms with Crippen molar-refractivity contribution in [3.8, 4) is 6.07 Å². The van der Waals surface area contributed by atoms with Crippen LogP contribution in [-0.4, -0.2) is 13.3 Å². The third-order valence-corrected chi connectivity index (χ3v) is 1.38. The molecule has 0 bridgehead atoms. The molecule has 0 spiro atoms. The van der Waals surface area contributed by atoms with Crippen molar-refractivity contribution in [1.82, 2.24) is 0 Å². The average Bonchev–Trinajstić information content (AvgIpc) is 2.15. The molecule has 0 aromatic heterocycles. The third-order valence-electron chi connectivity index (χ3n) is 1.38. The Bertz CT molecular complexity index is 326. The minimum absolute atomic E-state index is 0.596. The summed E-state index contributed by atoms with van der Waals surface area (Å²) in [6, 6.07) is 9.25. The van der Waals surface area contributed by atoms with Gasteiger partial charge in [-0.3, -0.25) is 0 Å². The standard InChI is InChI=1S/C9H8N2O/c1-12-11-7-9-5-3-2-4-8(9)6-10/h2-5,7H,1H3. The van der Waals surface area contributed by atoms with E-state index in [1.807, 2.05) is 12.1 Å².